The molecule has 0 aliphatic carbocycles. The van der Waals surface area contributed by atoms with Crippen molar-refractivity contribution in [3.63, 3.8) is 0 Å². The van der Waals surface area contributed by atoms with Crippen LogP contribution in [0.5, 0.6) is 0 Å². The van der Waals surface area contributed by atoms with Gasteiger partial charge in [-0.25, -0.2) is 0 Å². The van der Waals surface area contributed by atoms with Crippen molar-refractivity contribution in [1.29, 1.82) is 0 Å². The molecule has 1 N–H and O–H groups in total. The van der Waals surface area contributed by atoms with Gasteiger partial charge in [-0.05, 0) is 26.7 Å². The van der Waals surface area contributed by atoms with Crippen molar-refractivity contribution >= 4 is 11.8 Å². The number of aryl methyl sites for hydroxylation is 3. The van der Waals surface area contributed by atoms with E-state index in [0.717, 1.165) is 23.4 Å². The molecule has 0 saturated carbocycles. The highest BCUT2D eigenvalue weighted by molar-refractivity contribution is 5.93. The zero-order chi connectivity index (χ0) is 18.0. The third kappa shape index (κ3) is 3.89. The lowest BCUT2D eigenvalue weighted by Gasteiger charge is -2.21. The first-order chi connectivity index (χ1) is 11.9. The van der Waals surface area contributed by atoms with Crippen molar-refractivity contribution in [3.8, 4) is 0 Å². The molecule has 1 atom stereocenters. The summed E-state index contributed by atoms with van der Waals surface area (Å²) in [6.07, 6.45) is 5.01. The Morgan fingerprint density at radius 3 is 2.84 bits per heavy atom. The normalized spacial score (nSPS) is 18.3. The van der Waals surface area contributed by atoms with Crippen molar-refractivity contribution < 1.29 is 14.1 Å². The number of carbonyl (C=O) groups excluding carboxylic acids is 2. The third-order valence-electron chi connectivity index (χ3n) is 4.64. The number of nitrogens with zero attached hydrogens (tertiary/aromatic N) is 4. The van der Waals surface area contributed by atoms with Crippen LogP contribution in [-0.2, 0) is 18.4 Å². The van der Waals surface area contributed by atoms with Gasteiger partial charge in [-0.2, -0.15) is 5.10 Å². The highest BCUT2D eigenvalue weighted by Crippen LogP contribution is 2.19. The van der Waals surface area contributed by atoms with Gasteiger partial charge in [0.05, 0.1) is 24.0 Å². The van der Waals surface area contributed by atoms with Crippen LogP contribution in [0, 0.1) is 13.8 Å². The summed E-state index contributed by atoms with van der Waals surface area (Å²) in [5, 5.41) is 11.0. The van der Waals surface area contributed by atoms with E-state index in [1.54, 1.807) is 24.1 Å². The van der Waals surface area contributed by atoms with Gasteiger partial charge in [0, 0.05) is 37.8 Å². The van der Waals surface area contributed by atoms with E-state index >= 15 is 0 Å². The summed E-state index contributed by atoms with van der Waals surface area (Å²) in [5.74, 6) is 0.693. The number of carbonyl (C=O) groups is 2. The Balaban J connectivity index is 1.61. The number of likely N-dealkylation sites (tertiary alicyclic amines) is 1. The Bertz CT molecular complexity index is 760. The first-order valence-electron chi connectivity index (χ1n) is 8.43. The van der Waals surface area contributed by atoms with Gasteiger partial charge < -0.3 is 14.7 Å². The van der Waals surface area contributed by atoms with E-state index in [-0.39, 0.29) is 17.9 Å². The van der Waals surface area contributed by atoms with Crippen LogP contribution in [0.1, 0.15) is 46.6 Å². The fourth-order valence-electron chi connectivity index (χ4n) is 3.07. The maximum atomic E-state index is 12.4. The Hall–Kier alpha value is -2.64. The fraction of sp³-hybridized carbons (Fsp3) is 0.529. The monoisotopic (exact) mass is 345 g/mol. The van der Waals surface area contributed by atoms with E-state index in [2.05, 4.69) is 15.6 Å². The molecule has 1 aliphatic rings. The molecule has 0 bridgehead atoms. The first kappa shape index (κ1) is 17.2. The van der Waals surface area contributed by atoms with Gasteiger partial charge in [-0.3, -0.25) is 14.3 Å². The van der Waals surface area contributed by atoms with Crippen LogP contribution in [0.25, 0.3) is 0 Å². The average molecular weight is 345 g/mol. The van der Waals surface area contributed by atoms with Crippen molar-refractivity contribution in [1.82, 2.24) is 25.2 Å². The van der Waals surface area contributed by atoms with Crippen LogP contribution in [0.4, 0.5) is 0 Å². The summed E-state index contributed by atoms with van der Waals surface area (Å²) in [5.41, 5.74) is 2.31. The van der Waals surface area contributed by atoms with Crippen LogP contribution >= 0.6 is 0 Å². The lowest BCUT2D eigenvalue weighted by molar-refractivity contribution is -0.131. The summed E-state index contributed by atoms with van der Waals surface area (Å²) >= 11 is 0. The van der Waals surface area contributed by atoms with Crippen LogP contribution in [-0.4, -0.2) is 44.2 Å². The predicted octanol–water partition coefficient (Wildman–Crippen LogP) is 1.34. The van der Waals surface area contributed by atoms with Crippen molar-refractivity contribution in [2.24, 2.45) is 7.05 Å². The van der Waals surface area contributed by atoms with Crippen LogP contribution in [0.2, 0.25) is 0 Å². The maximum Gasteiger partial charge on any atom is 0.254 e. The van der Waals surface area contributed by atoms with Crippen molar-refractivity contribution in [2.45, 2.75) is 45.7 Å². The molecule has 1 saturated heterocycles. The van der Waals surface area contributed by atoms with Gasteiger partial charge in [0.2, 0.25) is 5.91 Å². The number of amides is 2. The molecule has 25 heavy (non-hydrogen) atoms. The first-order valence-corrected chi connectivity index (χ1v) is 8.43. The van der Waals surface area contributed by atoms with Gasteiger partial charge >= 0.3 is 0 Å². The quantitative estimate of drug-likeness (QED) is 0.902. The number of nitrogens with one attached hydrogen (secondary N) is 1. The minimum absolute atomic E-state index is 0.0219. The summed E-state index contributed by atoms with van der Waals surface area (Å²) in [7, 11) is 1.77. The SMILES string of the molecule is Cc1noc(C)c1CN1CCC(NC(=O)c2cnn(C)c2)CCC1=O. The van der Waals surface area contributed by atoms with Crippen LogP contribution in [0.3, 0.4) is 0 Å². The molecule has 8 nitrogen and oxygen atoms in total. The minimum atomic E-state index is -0.148. The predicted molar refractivity (Wildman–Crippen MR) is 89.7 cm³/mol. The second kappa shape index (κ2) is 7.08. The highest BCUT2D eigenvalue weighted by atomic mass is 16.5. The molecule has 1 fully saturated rings. The summed E-state index contributed by atoms with van der Waals surface area (Å²) in [6, 6.07) is -0.0219. The number of aromatic nitrogens is 3. The second-order valence-electron chi connectivity index (χ2n) is 6.52. The standard InChI is InChI=1S/C17H23N5O3/c1-11-15(12(2)25-20-11)10-22-7-6-14(4-5-16(22)23)19-17(24)13-8-18-21(3)9-13/h8-9,14H,4-7,10H2,1-3H3,(H,19,24). The van der Waals surface area contributed by atoms with E-state index in [1.165, 1.54) is 0 Å². The number of hydrogen-bond acceptors (Lipinski definition) is 5. The van der Waals surface area contributed by atoms with E-state index < -0.39 is 0 Å². The maximum absolute atomic E-state index is 12.4. The largest absolute Gasteiger partial charge is 0.361 e. The Morgan fingerprint density at radius 1 is 1.40 bits per heavy atom. The molecule has 2 aromatic heterocycles. The van der Waals surface area contributed by atoms with Crippen molar-refractivity contribution in [2.75, 3.05) is 6.54 Å². The summed E-state index contributed by atoms with van der Waals surface area (Å²) < 4.78 is 6.77. The zero-order valence-electron chi connectivity index (χ0n) is 14.8. The molecule has 1 aliphatic heterocycles. The average Bonchev–Trinajstić information content (AvgIpc) is 3.10. The van der Waals surface area contributed by atoms with E-state index in [4.69, 9.17) is 4.52 Å². The molecule has 3 heterocycles. The molecule has 8 heteroatoms. The lowest BCUT2D eigenvalue weighted by Crippen LogP contribution is -2.35. The zero-order valence-corrected chi connectivity index (χ0v) is 14.8. The molecule has 1 unspecified atom stereocenters. The Kier molecular flexibility index (Phi) is 4.87. The summed E-state index contributed by atoms with van der Waals surface area (Å²) in [4.78, 5) is 26.5. The molecule has 3 rings (SSSR count). The van der Waals surface area contributed by atoms with Crippen LogP contribution < -0.4 is 5.32 Å². The summed E-state index contributed by atoms with van der Waals surface area (Å²) in [6.45, 7) is 4.84. The molecular weight excluding hydrogens is 322 g/mol. The molecule has 0 radical (unpaired) electrons. The smallest absolute Gasteiger partial charge is 0.254 e. The minimum Gasteiger partial charge on any atom is -0.361 e. The molecule has 134 valence electrons. The highest BCUT2D eigenvalue weighted by Gasteiger charge is 2.25. The third-order valence-corrected chi connectivity index (χ3v) is 4.64. The van der Waals surface area contributed by atoms with Gasteiger partial charge in [0.15, 0.2) is 0 Å². The van der Waals surface area contributed by atoms with Gasteiger partial charge in [-0.15, -0.1) is 0 Å². The van der Waals surface area contributed by atoms with Crippen molar-refractivity contribution in [3.05, 3.63) is 35.0 Å². The Morgan fingerprint density at radius 2 is 2.20 bits per heavy atom. The molecule has 0 aromatic carbocycles. The van der Waals surface area contributed by atoms with Gasteiger partial charge in [0.1, 0.15) is 5.76 Å². The topological polar surface area (TPSA) is 93.3 Å². The van der Waals surface area contributed by atoms with Crippen LogP contribution in [0.15, 0.2) is 16.9 Å². The number of hydrogen-bond donors (Lipinski definition) is 1. The van der Waals surface area contributed by atoms with E-state index in [0.29, 0.717) is 31.5 Å². The second-order valence-corrected chi connectivity index (χ2v) is 6.52. The lowest BCUT2D eigenvalue weighted by atomic mass is 10.1. The Labute approximate surface area is 146 Å². The van der Waals surface area contributed by atoms with Gasteiger partial charge in [0.25, 0.3) is 5.91 Å². The molecule has 0 spiro atoms. The molecule has 2 amide bonds. The molecular formula is C17H23N5O3. The van der Waals surface area contributed by atoms with E-state index in [9.17, 15) is 9.59 Å². The van der Waals surface area contributed by atoms with E-state index in [1.807, 2.05) is 18.7 Å². The fourth-order valence-corrected chi connectivity index (χ4v) is 3.07. The molecule has 2 aromatic rings. The van der Waals surface area contributed by atoms with Gasteiger partial charge in [-0.1, -0.05) is 5.16 Å². The number of rotatable bonds is 4.